The molecule has 0 bridgehead atoms. The van der Waals surface area contributed by atoms with Gasteiger partial charge in [-0.25, -0.2) is 0 Å². The Balaban J connectivity index is 1.95. The largest absolute Gasteiger partial charge is 0.321 e. The predicted molar refractivity (Wildman–Crippen MR) is 86.0 cm³/mol. The Morgan fingerprint density at radius 2 is 1.65 bits per heavy atom. The minimum Gasteiger partial charge on any atom is -0.321 e. The summed E-state index contributed by atoms with van der Waals surface area (Å²) in [5.74, 6) is -0.109. The van der Waals surface area contributed by atoms with Crippen molar-refractivity contribution in [3.63, 3.8) is 0 Å². The third-order valence-electron chi connectivity index (χ3n) is 3.12. The van der Waals surface area contributed by atoms with Crippen molar-refractivity contribution >= 4 is 38.3 Å². The predicted octanol–water partition coefficient (Wildman–Crippen LogP) is 4.85. The Morgan fingerprint density at radius 3 is 2.50 bits per heavy atom. The lowest BCUT2D eigenvalue weighted by atomic mass is 10.1. The monoisotopic (exact) mass is 325 g/mol. The van der Waals surface area contributed by atoms with Crippen LogP contribution in [0.15, 0.2) is 71.2 Å². The third-order valence-corrected chi connectivity index (χ3v) is 3.62. The van der Waals surface area contributed by atoms with E-state index in [1.807, 2.05) is 54.6 Å². The number of halogens is 1. The van der Waals surface area contributed by atoms with Crippen LogP contribution in [0.4, 0.5) is 5.69 Å². The lowest BCUT2D eigenvalue weighted by Gasteiger charge is -2.09. The van der Waals surface area contributed by atoms with Crippen LogP contribution in [0.2, 0.25) is 0 Å². The number of hydrogen-bond donors (Lipinski definition) is 1. The molecule has 0 fully saturated rings. The molecule has 3 aromatic rings. The van der Waals surface area contributed by atoms with Gasteiger partial charge in [-0.15, -0.1) is 0 Å². The average molecular weight is 326 g/mol. The molecule has 2 nitrogen and oxygen atoms in total. The van der Waals surface area contributed by atoms with E-state index in [2.05, 4.69) is 21.2 Å². The van der Waals surface area contributed by atoms with Crippen molar-refractivity contribution in [2.45, 2.75) is 0 Å². The molecule has 1 N–H and O–H groups in total. The second kappa shape index (κ2) is 5.47. The van der Waals surface area contributed by atoms with E-state index in [0.29, 0.717) is 5.56 Å². The van der Waals surface area contributed by atoms with Crippen LogP contribution in [0.1, 0.15) is 10.4 Å². The Morgan fingerprint density at radius 1 is 0.900 bits per heavy atom. The molecule has 0 aromatic heterocycles. The van der Waals surface area contributed by atoms with Crippen molar-refractivity contribution in [3.8, 4) is 0 Å². The van der Waals surface area contributed by atoms with Crippen molar-refractivity contribution in [1.82, 2.24) is 0 Å². The molecule has 0 saturated carbocycles. The quantitative estimate of drug-likeness (QED) is 0.716. The van der Waals surface area contributed by atoms with Crippen molar-refractivity contribution in [2.75, 3.05) is 5.32 Å². The molecule has 0 saturated heterocycles. The number of hydrogen-bond acceptors (Lipinski definition) is 1. The number of anilines is 1. The van der Waals surface area contributed by atoms with E-state index in [1.165, 1.54) is 0 Å². The first kappa shape index (κ1) is 12.9. The summed E-state index contributed by atoms with van der Waals surface area (Å²) >= 11 is 3.38. The van der Waals surface area contributed by atoms with Crippen LogP contribution in [-0.4, -0.2) is 5.91 Å². The van der Waals surface area contributed by atoms with Crippen LogP contribution in [0.3, 0.4) is 0 Å². The van der Waals surface area contributed by atoms with Gasteiger partial charge in [0.15, 0.2) is 0 Å². The van der Waals surface area contributed by atoms with E-state index in [0.717, 1.165) is 20.9 Å². The molecule has 3 aromatic carbocycles. The fourth-order valence-corrected chi connectivity index (χ4v) is 2.56. The number of amides is 1. The Bertz CT molecular complexity index is 777. The summed E-state index contributed by atoms with van der Waals surface area (Å²) in [5.41, 5.74) is 1.46. The summed E-state index contributed by atoms with van der Waals surface area (Å²) in [6, 6.07) is 21.2. The summed E-state index contributed by atoms with van der Waals surface area (Å²) < 4.78 is 0.892. The summed E-state index contributed by atoms with van der Waals surface area (Å²) in [5, 5.41) is 5.12. The third kappa shape index (κ3) is 2.58. The molecule has 1 amide bonds. The van der Waals surface area contributed by atoms with Gasteiger partial charge in [-0.1, -0.05) is 58.4 Å². The summed E-state index contributed by atoms with van der Waals surface area (Å²) in [4.78, 5) is 12.3. The van der Waals surface area contributed by atoms with E-state index in [1.54, 1.807) is 12.1 Å². The van der Waals surface area contributed by atoms with Crippen LogP contribution < -0.4 is 5.32 Å². The maximum absolute atomic E-state index is 12.3. The zero-order valence-electron chi connectivity index (χ0n) is 10.6. The Labute approximate surface area is 125 Å². The number of nitrogens with one attached hydrogen (secondary N) is 1. The fraction of sp³-hybridized carbons (Fsp3) is 0. The zero-order valence-corrected chi connectivity index (χ0v) is 12.2. The normalized spacial score (nSPS) is 10.4. The van der Waals surface area contributed by atoms with Gasteiger partial charge in [0.1, 0.15) is 0 Å². The van der Waals surface area contributed by atoms with Gasteiger partial charge in [0, 0.05) is 21.1 Å². The maximum atomic E-state index is 12.3. The van der Waals surface area contributed by atoms with E-state index < -0.39 is 0 Å². The van der Waals surface area contributed by atoms with Crippen LogP contribution in [0, 0.1) is 0 Å². The molecule has 0 radical (unpaired) electrons. The highest BCUT2D eigenvalue weighted by Crippen LogP contribution is 2.23. The molecule has 0 aliphatic rings. The summed E-state index contributed by atoms with van der Waals surface area (Å²) in [6.45, 7) is 0. The van der Waals surface area contributed by atoms with Gasteiger partial charge in [0.25, 0.3) is 5.91 Å². The number of benzene rings is 3. The highest BCUT2D eigenvalue weighted by atomic mass is 79.9. The molecule has 0 atom stereocenters. The zero-order chi connectivity index (χ0) is 13.9. The van der Waals surface area contributed by atoms with Gasteiger partial charge < -0.3 is 5.32 Å². The number of carbonyl (C=O) groups excluding carboxylic acids is 1. The van der Waals surface area contributed by atoms with Gasteiger partial charge in [-0.05, 0) is 29.7 Å². The lowest BCUT2D eigenvalue weighted by Crippen LogP contribution is -2.11. The summed E-state index contributed by atoms with van der Waals surface area (Å²) in [6.07, 6.45) is 0. The van der Waals surface area contributed by atoms with Crippen molar-refractivity contribution in [3.05, 3.63) is 76.8 Å². The highest BCUT2D eigenvalue weighted by molar-refractivity contribution is 9.10. The van der Waals surface area contributed by atoms with Gasteiger partial charge >= 0.3 is 0 Å². The fourth-order valence-electron chi connectivity index (χ4n) is 2.16. The highest BCUT2D eigenvalue weighted by Gasteiger charge is 2.08. The second-order valence-corrected chi connectivity index (χ2v) is 5.41. The van der Waals surface area contributed by atoms with E-state index >= 15 is 0 Å². The number of carbonyl (C=O) groups is 1. The van der Waals surface area contributed by atoms with Gasteiger partial charge in [0.2, 0.25) is 0 Å². The SMILES string of the molecule is O=C(Nc1cccc2ccccc12)c1cccc(Br)c1. The standard InChI is InChI=1S/C17H12BrNO/c18-14-8-3-7-13(11-14)17(20)19-16-10-4-6-12-5-1-2-9-15(12)16/h1-11H,(H,19,20). The first-order chi connectivity index (χ1) is 9.74. The van der Waals surface area contributed by atoms with Crippen molar-refractivity contribution in [1.29, 1.82) is 0 Å². The number of fused-ring (bicyclic) bond motifs is 1. The minimum absolute atomic E-state index is 0.109. The smallest absolute Gasteiger partial charge is 0.255 e. The van der Waals surface area contributed by atoms with Gasteiger partial charge in [-0.3, -0.25) is 4.79 Å². The van der Waals surface area contributed by atoms with Crippen LogP contribution in [0.25, 0.3) is 10.8 Å². The molecule has 98 valence electrons. The molecule has 0 unspecified atom stereocenters. The maximum Gasteiger partial charge on any atom is 0.255 e. The first-order valence-corrected chi connectivity index (χ1v) is 7.08. The molecule has 0 aliphatic heterocycles. The molecule has 0 heterocycles. The molecule has 0 aliphatic carbocycles. The van der Waals surface area contributed by atoms with E-state index in [4.69, 9.17) is 0 Å². The van der Waals surface area contributed by atoms with Crippen LogP contribution >= 0.6 is 15.9 Å². The van der Waals surface area contributed by atoms with Crippen LogP contribution in [-0.2, 0) is 0 Å². The molecule has 20 heavy (non-hydrogen) atoms. The van der Waals surface area contributed by atoms with E-state index in [9.17, 15) is 4.79 Å². The Hall–Kier alpha value is -2.13. The topological polar surface area (TPSA) is 29.1 Å². The van der Waals surface area contributed by atoms with Gasteiger partial charge in [-0.2, -0.15) is 0 Å². The van der Waals surface area contributed by atoms with Crippen LogP contribution in [0.5, 0.6) is 0 Å². The summed E-state index contributed by atoms with van der Waals surface area (Å²) in [7, 11) is 0. The first-order valence-electron chi connectivity index (χ1n) is 6.29. The molecule has 0 spiro atoms. The molecular weight excluding hydrogens is 314 g/mol. The Kier molecular flexibility index (Phi) is 3.52. The van der Waals surface area contributed by atoms with E-state index in [-0.39, 0.29) is 5.91 Å². The molecule has 3 heteroatoms. The lowest BCUT2D eigenvalue weighted by molar-refractivity contribution is 0.102. The molecular formula is C17H12BrNO. The van der Waals surface area contributed by atoms with Crippen molar-refractivity contribution < 1.29 is 4.79 Å². The minimum atomic E-state index is -0.109. The number of rotatable bonds is 2. The van der Waals surface area contributed by atoms with Gasteiger partial charge in [0.05, 0.1) is 0 Å². The van der Waals surface area contributed by atoms with Crippen molar-refractivity contribution in [2.24, 2.45) is 0 Å². The average Bonchev–Trinajstić information content (AvgIpc) is 2.47. The second-order valence-electron chi connectivity index (χ2n) is 4.49. The molecule has 3 rings (SSSR count).